The Balaban J connectivity index is 1.85. The Bertz CT molecular complexity index is 680. The van der Waals surface area contributed by atoms with Gasteiger partial charge >= 0.3 is 0 Å². The highest BCUT2D eigenvalue weighted by Gasteiger charge is 2.25. The predicted molar refractivity (Wildman–Crippen MR) is 87.1 cm³/mol. The summed E-state index contributed by atoms with van der Waals surface area (Å²) in [5.74, 6) is 1.42. The van der Waals surface area contributed by atoms with Crippen LogP contribution in [0.4, 0.5) is 5.69 Å². The van der Waals surface area contributed by atoms with Crippen LogP contribution in [0, 0.1) is 5.92 Å². The first-order valence-electron chi connectivity index (χ1n) is 7.25. The first kappa shape index (κ1) is 14.2. The van der Waals surface area contributed by atoms with Gasteiger partial charge in [-0.2, -0.15) is 0 Å². The number of nitrogens with two attached hydrogens (primary N) is 1. The molecular formula is C16H20N2O2S. The standard InChI is InChI=1S/C16H20N2O2S/c1-9-3-4-10(7-9)18-16(19)15-14(17)12-6-5-11(20-2)8-13(12)21-15/h5-6,8-10H,3-4,7,17H2,1-2H3,(H,18,19). The Morgan fingerprint density at radius 3 is 2.90 bits per heavy atom. The Morgan fingerprint density at radius 1 is 1.43 bits per heavy atom. The van der Waals surface area contributed by atoms with Gasteiger partial charge in [0.05, 0.1) is 12.8 Å². The molecule has 1 aromatic carbocycles. The molecular weight excluding hydrogens is 284 g/mol. The van der Waals surface area contributed by atoms with E-state index in [9.17, 15) is 4.79 Å². The van der Waals surface area contributed by atoms with Gasteiger partial charge in [0.15, 0.2) is 0 Å². The average Bonchev–Trinajstić information content (AvgIpc) is 3.02. The van der Waals surface area contributed by atoms with E-state index in [0.717, 1.165) is 28.7 Å². The van der Waals surface area contributed by atoms with Gasteiger partial charge in [-0.3, -0.25) is 4.79 Å². The summed E-state index contributed by atoms with van der Waals surface area (Å²) in [5, 5.41) is 4.04. The lowest BCUT2D eigenvalue weighted by Crippen LogP contribution is -2.32. The number of amides is 1. The molecule has 1 aliphatic carbocycles. The molecule has 3 rings (SSSR count). The van der Waals surface area contributed by atoms with Crippen LogP contribution < -0.4 is 15.8 Å². The average molecular weight is 304 g/mol. The smallest absolute Gasteiger partial charge is 0.263 e. The molecule has 0 saturated heterocycles. The number of hydrogen-bond acceptors (Lipinski definition) is 4. The molecule has 5 heteroatoms. The van der Waals surface area contributed by atoms with Crippen molar-refractivity contribution in [3.05, 3.63) is 23.1 Å². The van der Waals surface area contributed by atoms with Crippen molar-refractivity contribution >= 4 is 33.0 Å². The molecule has 1 aromatic heterocycles. The number of thiophene rings is 1. The summed E-state index contributed by atoms with van der Waals surface area (Å²) in [6.07, 6.45) is 3.31. The van der Waals surface area contributed by atoms with Crippen molar-refractivity contribution in [3.63, 3.8) is 0 Å². The highest BCUT2D eigenvalue weighted by atomic mass is 32.1. The fourth-order valence-corrected chi connectivity index (χ4v) is 4.04. The van der Waals surface area contributed by atoms with Crippen LogP contribution in [0.1, 0.15) is 35.9 Å². The van der Waals surface area contributed by atoms with Crippen molar-refractivity contribution in [1.29, 1.82) is 0 Å². The fraction of sp³-hybridized carbons (Fsp3) is 0.438. The Labute approximate surface area is 128 Å². The van der Waals surface area contributed by atoms with Crippen LogP contribution in [0.25, 0.3) is 10.1 Å². The highest BCUT2D eigenvalue weighted by molar-refractivity contribution is 7.21. The minimum atomic E-state index is -0.0493. The van der Waals surface area contributed by atoms with Gasteiger partial charge in [-0.25, -0.2) is 0 Å². The summed E-state index contributed by atoms with van der Waals surface area (Å²) < 4.78 is 6.20. The number of anilines is 1. The van der Waals surface area contributed by atoms with E-state index in [1.807, 2.05) is 18.2 Å². The van der Waals surface area contributed by atoms with E-state index in [4.69, 9.17) is 10.5 Å². The van der Waals surface area contributed by atoms with Crippen LogP contribution in [0.15, 0.2) is 18.2 Å². The minimum Gasteiger partial charge on any atom is -0.497 e. The van der Waals surface area contributed by atoms with Crippen LogP contribution >= 0.6 is 11.3 Å². The van der Waals surface area contributed by atoms with Crippen LogP contribution in [-0.2, 0) is 0 Å². The molecule has 21 heavy (non-hydrogen) atoms. The van der Waals surface area contributed by atoms with E-state index >= 15 is 0 Å². The number of fused-ring (bicyclic) bond motifs is 1. The lowest BCUT2D eigenvalue weighted by atomic mass is 10.1. The molecule has 1 amide bonds. The van der Waals surface area contributed by atoms with Gasteiger partial charge in [-0.1, -0.05) is 6.92 Å². The van der Waals surface area contributed by atoms with Gasteiger partial charge in [0.1, 0.15) is 10.6 Å². The van der Waals surface area contributed by atoms with Crippen molar-refractivity contribution < 1.29 is 9.53 Å². The molecule has 0 spiro atoms. The third kappa shape index (κ3) is 2.70. The number of ether oxygens (including phenoxy) is 1. The maximum Gasteiger partial charge on any atom is 0.263 e. The third-order valence-corrected chi connectivity index (χ3v) is 5.34. The SMILES string of the molecule is COc1ccc2c(N)c(C(=O)NC3CCC(C)C3)sc2c1. The predicted octanol–water partition coefficient (Wildman–Crippen LogP) is 3.41. The van der Waals surface area contributed by atoms with E-state index < -0.39 is 0 Å². The van der Waals surface area contributed by atoms with E-state index in [1.165, 1.54) is 17.8 Å². The molecule has 112 valence electrons. The van der Waals surface area contributed by atoms with E-state index in [1.54, 1.807) is 7.11 Å². The maximum absolute atomic E-state index is 12.4. The maximum atomic E-state index is 12.4. The van der Waals surface area contributed by atoms with Crippen LogP contribution in [0.2, 0.25) is 0 Å². The van der Waals surface area contributed by atoms with Gasteiger partial charge in [0.25, 0.3) is 5.91 Å². The lowest BCUT2D eigenvalue weighted by Gasteiger charge is -2.11. The molecule has 2 atom stereocenters. The molecule has 2 aromatic rings. The Hall–Kier alpha value is -1.75. The van der Waals surface area contributed by atoms with Crippen molar-refractivity contribution in [2.75, 3.05) is 12.8 Å². The first-order chi connectivity index (χ1) is 10.1. The van der Waals surface area contributed by atoms with Crippen LogP contribution in [0.3, 0.4) is 0 Å². The topological polar surface area (TPSA) is 64.3 Å². The lowest BCUT2D eigenvalue weighted by molar-refractivity contribution is 0.0942. The summed E-state index contributed by atoms with van der Waals surface area (Å²) in [7, 11) is 1.63. The number of benzene rings is 1. The zero-order valence-electron chi connectivity index (χ0n) is 12.3. The first-order valence-corrected chi connectivity index (χ1v) is 8.07. The number of carbonyl (C=O) groups excluding carboxylic acids is 1. The summed E-state index contributed by atoms with van der Waals surface area (Å²) >= 11 is 1.43. The summed E-state index contributed by atoms with van der Waals surface area (Å²) in [4.78, 5) is 13.0. The zero-order chi connectivity index (χ0) is 15.0. The van der Waals surface area contributed by atoms with Gasteiger partial charge in [-0.15, -0.1) is 11.3 Å². The second-order valence-electron chi connectivity index (χ2n) is 5.80. The van der Waals surface area contributed by atoms with Gasteiger partial charge < -0.3 is 15.8 Å². The van der Waals surface area contributed by atoms with E-state index in [-0.39, 0.29) is 11.9 Å². The van der Waals surface area contributed by atoms with Gasteiger partial charge in [0, 0.05) is 16.1 Å². The number of hydrogen-bond donors (Lipinski definition) is 2. The fourth-order valence-electron chi connectivity index (χ4n) is 2.98. The third-order valence-electron chi connectivity index (χ3n) is 4.17. The molecule has 0 aliphatic heterocycles. The molecule has 1 saturated carbocycles. The normalized spacial score (nSPS) is 21.6. The van der Waals surface area contributed by atoms with E-state index in [2.05, 4.69) is 12.2 Å². The minimum absolute atomic E-state index is 0.0493. The quantitative estimate of drug-likeness (QED) is 0.913. The van der Waals surface area contributed by atoms with Crippen LogP contribution in [0.5, 0.6) is 5.75 Å². The Kier molecular flexibility index (Phi) is 3.76. The van der Waals surface area contributed by atoms with Crippen molar-refractivity contribution in [2.45, 2.75) is 32.2 Å². The van der Waals surface area contributed by atoms with Crippen molar-refractivity contribution in [1.82, 2.24) is 5.32 Å². The van der Waals surface area contributed by atoms with Gasteiger partial charge in [0.2, 0.25) is 0 Å². The molecule has 1 heterocycles. The number of carbonyl (C=O) groups is 1. The molecule has 1 fully saturated rings. The summed E-state index contributed by atoms with van der Waals surface area (Å²) in [6, 6.07) is 5.98. The second-order valence-corrected chi connectivity index (χ2v) is 6.85. The van der Waals surface area contributed by atoms with Crippen molar-refractivity contribution in [3.8, 4) is 5.75 Å². The highest BCUT2D eigenvalue weighted by Crippen LogP contribution is 2.36. The molecule has 3 N–H and O–H groups in total. The largest absolute Gasteiger partial charge is 0.497 e. The summed E-state index contributed by atoms with van der Waals surface area (Å²) in [6.45, 7) is 2.23. The second kappa shape index (κ2) is 5.56. The molecule has 4 nitrogen and oxygen atoms in total. The number of nitrogens with one attached hydrogen (secondary N) is 1. The van der Waals surface area contributed by atoms with E-state index in [0.29, 0.717) is 16.5 Å². The van der Waals surface area contributed by atoms with Gasteiger partial charge in [-0.05, 0) is 43.4 Å². The molecule has 0 radical (unpaired) electrons. The summed E-state index contributed by atoms with van der Waals surface area (Å²) in [5.41, 5.74) is 6.71. The zero-order valence-corrected chi connectivity index (χ0v) is 13.1. The molecule has 2 unspecified atom stereocenters. The number of rotatable bonds is 3. The Morgan fingerprint density at radius 2 is 2.24 bits per heavy atom. The monoisotopic (exact) mass is 304 g/mol. The van der Waals surface area contributed by atoms with Crippen LogP contribution in [-0.4, -0.2) is 19.1 Å². The number of methoxy groups -OCH3 is 1. The van der Waals surface area contributed by atoms with Crippen molar-refractivity contribution in [2.24, 2.45) is 5.92 Å². The molecule has 0 bridgehead atoms. The number of nitrogen functional groups attached to an aromatic ring is 1. The molecule has 1 aliphatic rings.